The fourth-order valence-corrected chi connectivity index (χ4v) is 3.96. The Hall–Kier alpha value is -2.54. The second kappa shape index (κ2) is 8.86. The number of nitrogens with zero attached hydrogens (tertiary/aromatic N) is 4. The first-order valence-electron chi connectivity index (χ1n) is 10.4. The first kappa shape index (κ1) is 19.8. The first-order chi connectivity index (χ1) is 14.2. The Morgan fingerprint density at radius 2 is 2.28 bits per heavy atom. The molecule has 154 valence electrons. The highest BCUT2D eigenvalue weighted by Crippen LogP contribution is 2.22. The molecule has 3 aromatic rings. The average Bonchev–Trinajstić information content (AvgIpc) is 3.31. The van der Waals surface area contributed by atoms with E-state index < -0.39 is 0 Å². The van der Waals surface area contributed by atoms with Crippen molar-refractivity contribution in [2.75, 3.05) is 13.1 Å². The number of aryl methyl sites for hydroxylation is 2. The van der Waals surface area contributed by atoms with Crippen molar-refractivity contribution >= 4 is 28.5 Å². The van der Waals surface area contributed by atoms with Gasteiger partial charge in [0.05, 0.1) is 6.54 Å². The van der Waals surface area contributed by atoms with E-state index in [0.717, 1.165) is 66.9 Å². The molecule has 0 fully saturated rings. The molecule has 0 radical (unpaired) electrons. The number of hydrogen-bond donors (Lipinski definition) is 3. The number of H-pyrrole nitrogens is 1. The lowest BCUT2D eigenvalue weighted by Crippen LogP contribution is -2.47. The van der Waals surface area contributed by atoms with Crippen molar-refractivity contribution in [1.82, 2.24) is 30.4 Å². The highest BCUT2D eigenvalue weighted by Gasteiger charge is 2.22. The molecule has 1 aliphatic heterocycles. The summed E-state index contributed by atoms with van der Waals surface area (Å²) in [5, 5.41) is 13.5. The highest BCUT2D eigenvalue weighted by molar-refractivity contribution is 6.31. The molecule has 1 atom stereocenters. The van der Waals surface area contributed by atoms with Gasteiger partial charge in [-0.05, 0) is 43.5 Å². The molecule has 1 aromatic carbocycles. The summed E-state index contributed by atoms with van der Waals surface area (Å²) in [5.41, 5.74) is 2.34. The van der Waals surface area contributed by atoms with Crippen molar-refractivity contribution in [3.63, 3.8) is 0 Å². The van der Waals surface area contributed by atoms with E-state index in [9.17, 15) is 0 Å². The zero-order valence-corrected chi connectivity index (χ0v) is 17.8. The van der Waals surface area contributed by atoms with Gasteiger partial charge >= 0.3 is 0 Å². The normalized spacial score (nSPS) is 16.8. The minimum Gasteiger partial charge on any atom is -0.361 e. The van der Waals surface area contributed by atoms with Crippen LogP contribution in [0.4, 0.5) is 0 Å². The van der Waals surface area contributed by atoms with Crippen LogP contribution in [0, 0.1) is 0 Å². The monoisotopic (exact) mass is 413 g/mol. The summed E-state index contributed by atoms with van der Waals surface area (Å²) < 4.78 is 2.04. The van der Waals surface area contributed by atoms with Gasteiger partial charge in [-0.1, -0.05) is 18.5 Å². The molecular weight excluding hydrogens is 386 g/mol. The summed E-state index contributed by atoms with van der Waals surface area (Å²) in [6.07, 6.45) is 5.76. The Kier molecular flexibility index (Phi) is 6.04. The van der Waals surface area contributed by atoms with Crippen LogP contribution in [0.15, 0.2) is 29.4 Å². The van der Waals surface area contributed by atoms with Crippen LogP contribution in [0.3, 0.4) is 0 Å². The third-order valence-corrected chi connectivity index (χ3v) is 5.52. The lowest BCUT2D eigenvalue weighted by atomic mass is 10.1. The second-order valence-corrected chi connectivity index (χ2v) is 7.81. The van der Waals surface area contributed by atoms with Crippen LogP contribution in [0.25, 0.3) is 10.9 Å². The van der Waals surface area contributed by atoms with Crippen LogP contribution in [-0.4, -0.2) is 44.8 Å². The Morgan fingerprint density at radius 3 is 3.10 bits per heavy atom. The van der Waals surface area contributed by atoms with E-state index in [0.29, 0.717) is 12.6 Å². The smallest absolute Gasteiger partial charge is 0.191 e. The van der Waals surface area contributed by atoms with Crippen molar-refractivity contribution in [2.24, 2.45) is 4.99 Å². The van der Waals surface area contributed by atoms with Gasteiger partial charge in [-0.2, -0.15) is 5.10 Å². The molecule has 29 heavy (non-hydrogen) atoms. The van der Waals surface area contributed by atoms with E-state index in [2.05, 4.69) is 45.7 Å². The SMILES string of the molecule is CCNC(=NCCc1c[nH]c2ccc(Cl)cc12)NC1CCc2nc(CC)nn2C1. The van der Waals surface area contributed by atoms with Crippen molar-refractivity contribution in [2.45, 2.75) is 52.1 Å². The quantitative estimate of drug-likeness (QED) is 0.428. The summed E-state index contributed by atoms with van der Waals surface area (Å²) >= 11 is 6.16. The van der Waals surface area contributed by atoms with Gasteiger partial charge in [-0.25, -0.2) is 9.67 Å². The summed E-state index contributed by atoms with van der Waals surface area (Å²) in [4.78, 5) is 12.7. The van der Waals surface area contributed by atoms with Gasteiger partial charge < -0.3 is 15.6 Å². The van der Waals surface area contributed by atoms with Gasteiger partial charge in [0, 0.05) is 54.1 Å². The van der Waals surface area contributed by atoms with E-state index in [4.69, 9.17) is 16.6 Å². The number of rotatable bonds is 6. The summed E-state index contributed by atoms with van der Waals surface area (Å²) in [7, 11) is 0. The zero-order chi connectivity index (χ0) is 20.2. The maximum Gasteiger partial charge on any atom is 0.191 e. The fraction of sp³-hybridized carbons (Fsp3) is 0.476. The molecule has 8 heteroatoms. The Morgan fingerprint density at radius 1 is 1.38 bits per heavy atom. The number of aromatic amines is 1. The Balaban J connectivity index is 1.39. The van der Waals surface area contributed by atoms with Crippen LogP contribution < -0.4 is 10.6 Å². The van der Waals surface area contributed by atoms with Gasteiger partial charge in [-0.15, -0.1) is 0 Å². The Labute approximate surface area is 176 Å². The molecule has 4 rings (SSSR count). The number of aromatic nitrogens is 4. The molecule has 0 spiro atoms. The number of fused-ring (bicyclic) bond motifs is 2. The minimum atomic E-state index is 0.304. The van der Waals surface area contributed by atoms with E-state index in [1.54, 1.807) is 0 Å². The molecular formula is C21H28ClN7. The standard InChI is InChI=1S/C21H28ClN7/c1-3-19-27-20-8-6-16(13-29(20)28-19)26-21(23-4-2)24-10-9-14-12-25-18-7-5-15(22)11-17(14)18/h5,7,11-12,16,25H,3-4,6,8-10,13H2,1-2H3,(H2,23,24,26). The highest BCUT2D eigenvalue weighted by atomic mass is 35.5. The summed E-state index contributed by atoms with van der Waals surface area (Å²) in [6.45, 7) is 6.54. The van der Waals surface area contributed by atoms with Gasteiger partial charge in [0.2, 0.25) is 0 Å². The minimum absolute atomic E-state index is 0.304. The molecule has 3 N–H and O–H groups in total. The number of nitrogens with one attached hydrogen (secondary N) is 3. The second-order valence-electron chi connectivity index (χ2n) is 7.37. The van der Waals surface area contributed by atoms with E-state index in [-0.39, 0.29) is 0 Å². The molecule has 1 aliphatic rings. The lowest BCUT2D eigenvalue weighted by Gasteiger charge is -2.25. The third kappa shape index (κ3) is 4.56. The van der Waals surface area contributed by atoms with E-state index >= 15 is 0 Å². The van der Waals surface area contributed by atoms with Crippen LogP contribution in [0.5, 0.6) is 0 Å². The topological polar surface area (TPSA) is 82.9 Å². The van der Waals surface area contributed by atoms with Crippen molar-refractivity contribution in [3.05, 3.63) is 46.6 Å². The first-order valence-corrected chi connectivity index (χ1v) is 10.8. The maximum atomic E-state index is 6.16. The third-order valence-electron chi connectivity index (χ3n) is 5.28. The predicted octanol–water partition coefficient (Wildman–Crippen LogP) is 3.09. The number of benzene rings is 1. The molecule has 0 saturated carbocycles. The summed E-state index contributed by atoms with van der Waals surface area (Å²) in [5.74, 6) is 2.88. The van der Waals surface area contributed by atoms with Gasteiger partial charge in [0.1, 0.15) is 5.82 Å². The molecule has 2 aromatic heterocycles. The Bertz CT molecular complexity index is 1000. The fourth-order valence-electron chi connectivity index (χ4n) is 3.79. The van der Waals surface area contributed by atoms with Crippen LogP contribution in [-0.2, 0) is 25.8 Å². The van der Waals surface area contributed by atoms with Crippen LogP contribution >= 0.6 is 11.6 Å². The van der Waals surface area contributed by atoms with Crippen LogP contribution in [0.1, 0.15) is 37.5 Å². The number of guanidine groups is 1. The van der Waals surface area contributed by atoms with Gasteiger partial charge in [0.25, 0.3) is 0 Å². The van der Waals surface area contributed by atoms with Crippen molar-refractivity contribution in [1.29, 1.82) is 0 Å². The van der Waals surface area contributed by atoms with Crippen molar-refractivity contribution in [3.8, 4) is 0 Å². The molecule has 3 heterocycles. The van der Waals surface area contributed by atoms with Gasteiger partial charge in [0.15, 0.2) is 11.8 Å². The number of aliphatic imine (C=N–C) groups is 1. The largest absolute Gasteiger partial charge is 0.361 e. The number of halogens is 1. The molecule has 0 bridgehead atoms. The molecule has 1 unspecified atom stereocenters. The van der Waals surface area contributed by atoms with E-state index in [1.807, 2.05) is 22.9 Å². The van der Waals surface area contributed by atoms with Crippen molar-refractivity contribution < 1.29 is 0 Å². The zero-order valence-electron chi connectivity index (χ0n) is 17.0. The van der Waals surface area contributed by atoms with Crippen LogP contribution in [0.2, 0.25) is 5.02 Å². The molecule has 7 nitrogen and oxygen atoms in total. The van der Waals surface area contributed by atoms with E-state index in [1.165, 1.54) is 10.9 Å². The lowest BCUT2D eigenvalue weighted by molar-refractivity contribution is 0.392. The molecule has 0 amide bonds. The predicted molar refractivity (Wildman–Crippen MR) is 118 cm³/mol. The molecule has 0 saturated heterocycles. The number of hydrogen-bond acceptors (Lipinski definition) is 3. The average molecular weight is 414 g/mol. The summed E-state index contributed by atoms with van der Waals surface area (Å²) in [6, 6.07) is 6.24. The molecule has 0 aliphatic carbocycles. The van der Waals surface area contributed by atoms with Gasteiger partial charge in [-0.3, -0.25) is 4.99 Å². The maximum absolute atomic E-state index is 6.16.